The third kappa shape index (κ3) is 5.04. The molecule has 3 aromatic carbocycles. The predicted molar refractivity (Wildman–Crippen MR) is 106 cm³/mol. The van der Waals surface area contributed by atoms with Crippen molar-refractivity contribution in [2.45, 2.75) is 13.5 Å². The first-order valence-corrected chi connectivity index (χ1v) is 8.80. The lowest BCUT2D eigenvalue weighted by Gasteiger charge is -2.13. The zero-order valence-electron chi connectivity index (χ0n) is 14.9. The zero-order valence-corrected chi connectivity index (χ0v) is 14.9. The molecule has 0 aliphatic rings. The molecule has 1 atom stereocenters. The molecule has 132 valence electrons. The van der Waals surface area contributed by atoms with Gasteiger partial charge in [0.25, 0.3) is 0 Å². The molecule has 3 heteroatoms. The van der Waals surface area contributed by atoms with Crippen LogP contribution in [0.2, 0.25) is 0 Å². The summed E-state index contributed by atoms with van der Waals surface area (Å²) in [6, 6.07) is 28.0. The SMILES string of the molecule is CC(COCc1ccccc1)C(=O)Nc1ccc(-c2ccccc2)cc1. The van der Waals surface area contributed by atoms with Crippen LogP contribution in [0.15, 0.2) is 84.9 Å². The lowest BCUT2D eigenvalue weighted by Crippen LogP contribution is -2.24. The summed E-state index contributed by atoms with van der Waals surface area (Å²) < 4.78 is 5.66. The maximum absolute atomic E-state index is 12.3. The van der Waals surface area contributed by atoms with Gasteiger partial charge in [0.1, 0.15) is 0 Å². The average molecular weight is 345 g/mol. The number of amides is 1. The molecule has 3 nitrogen and oxygen atoms in total. The number of carbonyl (C=O) groups is 1. The zero-order chi connectivity index (χ0) is 18.2. The smallest absolute Gasteiger partial charge is 0.229 e. The highest BCUT2D eigenvalue weighted by atomic mass is 16.5. The monoisotopic (exact) mass is 345 g/mol. The van der Waals surface area contributed by atoms with Crippen LogP contribution in [0.1, 0.15) is 12.5 Å². The van der Waals surface area contributed by atoms with Gasteiger partial charge in [0.2, 0.25) is 5.91 Å². The van der Waals surface area contributed by atoms with Crippen LogP contribution >= 0.6 is 0 Å². The van der Waals surface area contributed by atoms with E-state index in [-0.39, 0.29) is 11.8 Å². The van der Waals surface area contributed by atoms with Gasteiger partial charge in [-0.3, -0.25) is 4.79 Å². The average Bonchev–Trinajstić information content (AvgIpc) is 2.70. The first-order chi connectivity index (χ1) is 12.7. The molecule has 0 heterocycles. The first kappa shape index (κ1) is 17.9. The molecule has 0 aliphatic carbocycles. The summed E-state index contributed by atoms with van der Waals surface area (Å²) in [4.78, 5) is 12.3. The van der Waals surface area contributed by atoms with Gasteiger partial charge in [-0.2, -0.15) is 0 Å². The molecule has 3 aromatic rings. The van der Waals surface area contributed by atoms with Crippen LogP contribution in [-0.4, -0.2) is 12.5 Å². The van der Waals surface area contributed by atoms with Gasteiger partial charge in [0.15, 0.2) is 0 Å². The molecule has 1 unspecified atom stereocenters. The molecule has 1 N–H and O–H groups in total. The van der Waals surface area contributed by atoms with Crippen molar-refractivity contribution in [1.29, 1.82) is 0 Å². The summed E-state index contributed by atoms with van der Waals surface area (Å²) in [5.74, 6) is -0.252. The highest BCUT2D eigenvalue weighted by Crippen LogP contribution is 2.21. The van der Waals surface area contributed by atoms with Crippen molar-refractivity contribution in [3.63, 3.8) is 0 Å². The van der Waals surface area contributed by atoms with Gasteiger partial charge in [0.05, 0.1) is 19.1 Å². The Morgan fingerprint density at radius 1 is 0.846 bits per heavy atom. The molecular weight excluding hydrogens is 322 g/mol. The highest BCUT2D eigenvalue weighted by molar-refractivity contribution is 5.92. The molecule has 0 fully saturated rings. The van der Waals surface area contributed by atoms with Crippen LogP contribution < -0.4 is 5.32 Å². The van der Waals surface area contributed by atoms with Crippen molar-refractivity contribution in [2.75, 3.05) is 11.9 Å². The Kier molecular flexibility index (Phi) is 6.18. The van der Waals surface area contributed by atoms with Crippen molar-refractivity contribution < 1.29 is 9.53 Å². The van der Waals surface area contributed by atoms with Gasteiger partial charge in [0, 0.05) is 5.69 Å². The summed E-state index contributed by atoms with van der Waals surface area (Å²) in [6.45, 7) is 2.78. The third-order valence-corrected chi connectivity index (χ3v) is 4.19. The number of nitrogens with one attached hydrogen (secondary N) is 1. The highest BCUT2D eigenvalue weighted by Gasteiger charge is 2.13. The fourth-order valence-electron chi connectivity index (χ4n) is 2.65. The number of benzene rings is 3. The van der Waals surface area contributed by atoms with Crippen LogP contribution in [0.5, 0.6) is 0 Å². The van der Waals surface area contributed by atoms with Crippen LogP contribution in [0.3, 0.4) is 0 Å². The Bertz CT molecular complexity index is 814. The second-order valence-electron chi connectivity index (χ2n) is 6.33. The summed E-state index contributed by atoms with van der Waals surface area (Å²) in [5.41, 5.74) is 4.19. The van der Waals surface area contributed by atoms with Gasteiger partial charge < -0.3 is 10.1 Å². The van der Waals surface area contributed by atoms with Gasteiger partial charge in [-0.15, -0.1) is 0 Å². The maximum Gasteiger partial charge on any atom is 0.229 e. The van der Waals surface area contributed by atoms with E-state index in [2.05, 4.69) is 17.4 Å². The lowest BCUT2D eigenvalue weighted by atomic mass is 10.1. The molecule has 0 spiro atoms. The minimum absolute atomic E-state index is 0.0366. The van der Waals surface area contributed by atoms with E-state index in [0.717, 1.165) is 22.4 Å². The van der Waals surface area contributed by atoms with Crippen LogP contribution in [-0.2, 0) is 16.1 Å². The minimum atomic E-state index is -0.215. The maximum atomic E-state index is 12.3. The fourth-order valence-corrected chi connectivity index (χ4v) is 2.65. The van der Waals surface area contributed by atoms with E-state index in [1.165, 1.54) is 0 Å². The Labute approximate surface area is 154 Å². The number of carbonyl (C=O) groups excluding carboxylic acids is 1. The first-order valence-electron chi connectivity index (χ1n) is 8.80. The predicted octanol–water partition coefficient (Wildman–Crippen LogP) is 5.15. The number of anilines is 1. The van der Waals surface area contributed by atoms with Crippen LogP contribution in [0.4, 0.5) is 5.69 Å². The van der Waals surface area contributed by atoms with E-state index in [4.69, 9.17) is 4.74 Å². The normalized spacial score (nSPS) is 11.7. The molecule has 0 aliphatic heterocycles. The quantitative estimate of drug-likeness (QED) is 0.643. The molecule has 0 aromatic heterocycles. The number of rotatable bonds is 7. The van der Waals surface area contributed by atoms with Crippen molar-refractivity contribution in [1.82, 2.24) is 0 Å². The molecule has 0 saturated heterocycles. The topological polar surface area (TPSA) is 38.3 Å². The molecule has 26 heavy (non-hydrogen) atoms. The Balaban J connectivity index is 1.49. The van der Waals surface area contributed by atoms with E-state index in [9.17, 15) is 4.79 Å². The van der Waals surface area contributed by atoms with E-state index in [0.29, 0.717) is 13.2 Å². The Morgan fingerprint density at radius 3 is 2.08 bits per heavy atom. The Morgan fingerprint density at radius 2 is 1.42 bits per heavy atom. The van der Waals surface area contributed by atoms with Gasteiger partial charge in [-0.25, -0.2) is 0 Å². The van der Waals surface area contributed by atoms with Crippen LogP contribution in [0.25, 0.3) is 11.1 Å². The molecule has 0 bridgehead atoms. The summed E-state index contributed by atoms with van der Waals surface area (Å²) >= 11 is 0. The second-order valence-corrected chi connectivity index (χ2v) is 6.33. The third-order valence-electron chi connectivity index (χ3n) is 4.19. The summed E-state index contributed by atoms with van der Waals surface area (Å²) in [6.07, 6.45) is 0. The summed E-state index contributed by atoms with van der Waals surface area (Å²) in [5, 5.41) is 2.95. The van der Waals surface area contributed by atoms with E-state index in [1.54, 1.807) is 0 Å². The number of hydrogen-bond donors (Lipinski definition) is 1. The number of ether oxygens (including phenoxy) is 1. The Hall–Kier alpha value is -2.91. The molecule has 0 radical (unpaired) electrons. The molecule has 0 saturated carbocycles. The van der Waals surface area contributed by atoms with E-state index >= 15 is 0 Å². The van der Waals surface area contributed by atoms with Gasteiger partial charge in [-0.1, -0.05) is 79.7 Å². The second kappa shape index (κ2) is 8.97. The van der Waals surface area contributed by atoms with Crippen molar-refractivity contribution in [3.8, 4) is 11.1 Å². The van der Waals surface area contributed by atoms with Crippen molar-refractivity contribution >= 4 is 11.6 Å². The van der Waals surface area contributed by atoms with E-state index in [1.807, 2.05) is 79.7 Å². The fraction of sp³-hybridized carbons (Fsp3) is 0.174. The largest absolute Gasteiger partial charge is 0.376 e. The van der Waals surface area contributed by atoms with Crippen molar-refractivity contribution in [2.24, 2.45) is 5.92 Å². The molecular formula is C23H23NO2. The van der Waals surface area contributed by atoms with Gasteiger partial charge >= 0.3 is 0 Å². The van der Waals surface area contributed by atoms with Crippen LogP contribution in [0, 0.1) is 5.92 Å². The molecule has 3 rings (SSSR count). The number of hydrogen-bond acceptors (Lipinski definition) is 2. The van der Waals surface area contributed by atoms with Crippen molar-refractivity contribution in [3.05, 3.63) is 90.5 Å². The van der Waals surface area contributed by atoms with Gasteiger partial charge in [-0.05, 0) is 28.8 Å². The standard InChI is InChI=1S/C23H23NO2/c1-18(16-26-17-19-8-4-2-5-9-19)23(25)24-22-14-12-21(13-15-22)20-10-6-3-7-11-20/h2-15,18H,16-17H2,1H3,(H,24,25). The summed E-state index contributed by atoms with van der Waals surface area (Å²) in [7, 11) is 0. The minimum Gasteiger partial charge on any atom is -0.376 e. The molecule has 1 amide bonds. The lowest BCUT2D eigenvalue weighted by molar-refractivity contribution is -0.121. The van der Waals surface area contributed by atoms with E-state index < -0.39 is 0 Å².